The van der Waals surface area contributed by atoms with Crippen molar-refractivity contribution in [1.29, 1.82) is 0 Å². The summed E-state index contributed by atoms with van der Waals surface area (Å²) in [7, 11) is 0. The largest absolute Gasteiger partial charge is 0.539 e. The zero-order chi connectivity index (χ0) is 5.11. The van der Waals surface area contributed by atoms with E-state index in [9.17, 15) is 0 Å². The predicted octanol–water partition coefficient (Wildman–Crippen LogP) is 1.65. The molecule has 7 heavy (non-hydrogen) atoms. The third kappa shape index (κ3) is 0.743. The quantitative estimate of drug-likeness (QED) is 0.459. The van der Waals surface area contributed by atoms with Crippen molar-refractivity contribution in [2.45, 2.75) is 0 Å². The Morgan fingerprint density at radius 2 is 2.57 bits per heavy atom. The van der Waals surface area contributed by atoms with Crippen LogP contribution in [-0.4, -0.2) is 0 Å². The Labute approximate surface area is 43.5 Å². The lowest BCUT2D eigenvalue weighted by Gasteiger charge is -2.05. The monoisotopic (exact) mass is 89.0 g/mol. The van der Waals surface area contributed by atoms with E-state index in [1.807, 2.05) is 18.2 Å². The van der Waals surface area contributed by atoms with E-state index in [4.69, 9.17) is 6.58 Å². The van der Waals surface area contributed by atoms with E-state index < -0.39 is 0 Å². The summed E-state index contributed by atoms with van der Waals surface area (Å²) in [4.78, 5) is 0. The maximum absolute atomic E-state index is 5.15. The first-order chi connectivity index (χ1) is 3.43. The van der Waals surface area contributed by atoms with E-state index >= 15 is 0 Å². The van der Waals surface area contributed by atoms with Crippen LogP contribution in [0.1, 0.15) is 5.56 Å². The molecule has 0 aliphatic rings. The fourth-order valence-corrected chi connectivity index (χ4v) is 0.440. The SMILES string of the molecule is [CH-]=C[c-]1c[c-]cc1. The van der Waals surface area contributed by atoms with Gasteiger partial charge in [0.2, 0.25) is 0 Å². The highest BCUT2D eigenvalue weighted by Gasteiger charge is 1.46. The van der Waals surface area contributed by atoms with Crippen LogP contribution in [0.4, 0.5) is 0 Å². The van der Waals surface area contributed by atoms with Crippen molar-refractivity contribution in [3.05, 3.63) is 36.4 Å². The van der Waals surface area contributed by atoms with Gasteiger partial charge in [-0.2, -0.15) is 0 Å². The standard InChI is InChI=1S/C7H5/c1-2-7-5-3-4-6-7/h1-3,5-6H/q-3. The molecule has 0 aliphatic heterocycles. The van der Waals surface area contributed by atoms with Crippen molar-refractivity contribution in [3.8, 4) is 0 Å². The minimum atomic E-state index is 1.03. The van der Waals surface area contributed by atoms with Gasteiger partial charge in [0.05, 0.1) is 0 Å². The Kier molecular flexibility index (Phi) is 1.03. The molecule has 0 spiro atoms. The second-order valence-electron chi connectivity index (χ2n) is 1.31. The summed E-state index contributed by atoms with van der Waals surface area (Å²) in [6.07, 6.45) is 1.55. The molecule has 0 atom stereocenters. The van der Waals surface area contributed by atoms with E-state index in [1.165, 1.54) is 0 Å². The van der Waals surface area contributed by atoms with Crippen LogP contribution < -0.4 is 0 Å². The zero-order valence-electron chi connectivity index (χ0n) is 3.89. The Bertz CT molecular complexity index is 135. The van der Waals surface area contributed by atoms with Crippen molar-refractivity contribution in [1.82, 2.24) is 0 Å². The maximum atomic E-state index is 5.15. The number of rotatable bonds is 1. The Morgan fingerprint density at radius 3 is 2.86 bits per heavy atom. The predicted molar refractivity (Wildman–Crippen MR) is 29.6 cm³/mol. The first kappa shape index (κ1) is 4.25. The van der Waals surface area contributed by atoms with Gasteiger partial charge in [0, 0.05) is 0 Å². The molecule has 0 heteroatoms. The highest BCUT2D eigenvalue weighted by Crippen LogP contribution is 1.97. The minimum Gasteiger partial charge on any atom is -0.539 e. The Morgan fingerprint density at radius 1 is 1.71 bits per heavy atom. The number of hydrogen-bond donors (Lipinski definition) is 0. The van der Waals surface area contributed by atoms with Gasteiger partial charge in [-0.25, -0.2) is 0 Å². The first-order valence-corrected chi connectivity index (χ1v) is 2.11. The average molecular weight is 89.1 g/mol. The molecule has 0 amide bonds. The summed E-state index contributed by atoms with van der Waals surface area (Å²) >= 11 is 0. The minimum absolute atomic E-state index is 1.03. The zero-order valence-corrected chi connectivity index (χ0v) is 3.89. The van der Waals surface area contributed by atoms with Crippen molar-refractivity contribution in [2.24, 2.45) is 0 Å². The molecule has 0 N–H and O–H groups in total. The van der Waals surface area contributed by atoms with E-state index in [0.717, 1.165) is 5.56 Å². The highest BCUT2D eigenvalue weighted by atomic mass is 13.8. The Hall–Kier alpha value is -0.910. The van der Waals surface area contributed by atoms with E-state index in [0.29, 0.717) is 0 Å². The lowest BCUT2D eigenvalue weighted by molar-refractivity contribution is 1.88. The van der Waals surface area contributed by atoms with Crippen LogP contribution in [-0.2, 0) is 0 Å². The van der Waals surface area contributed by atoms with Gasteiger partial charge in [0.1, 0.15) is 0 Å². The molecule has 0 fully saturated rings. The van der Waals surface area contributed by atoms with E-state index in [-0.39, 0.29) is 0 Å². The average Bonchev–Trinajstić information content (AvgIpc) is 2.14. The fraction of sp³-hybridized carbons (Fsp3) is 0. The third-order valence-corrected chi connectivity index (χ3v) is 0.814. The molecule has 0 unspecified atom stereocenters. The highest BCUT2D eigenvalue weighted by molar-refractivity contribution is 5.45. The van der Waals surface area contributed by atoms with Gasteiger partial charge in [-0.05, 0) is 0 Å². The lowest BCUT2D eigenvalue weighted by Crippen LogP contribution is -1.51. The van der Waals surface area contributed by atoms with Gasteiger partial charge in [0.15, 0.2) is 0 Å². The van der Waals surface area contributed by atoms with Gasteiger partial charge in [-0.1, -0.05) is 0 Å². The van der Waals surface area contributed by atoms with Crippen molar-refractivity contribution in [2.75, 3.05) is 0 Å². The van der Waals surface area contributed by atoms with Gasteiger partial charge < -0.3 is 42.5 Å². The summed E-state index contributed by atoms with van der Waals surface area (Å²) in [6.45, 7) is 5.15. The van der Waals surface area contributed by atoms with Gasteiger partial charge in [0.25, 0.3) is 0 Å². The molecule has 0 radical (unpaired) electrons. The topological polar surface area (TPSA) is 0 Å². The Balaban J connectivity index is 2.96. The lowest BCUT2D eigenvalue weighted by atomic mass is 10.3. The molecule has 1 rings (SSSR count). The smallest absolute Gasteiger partial charge is 0.313 e. The summed E-state index contributed by atoms with van der Waals surface area (Å²) in [6, 6.07) is 8.44. The second-order valence-corrected chi connectivity index (χ2v) is 1.31. The van der Waals surface area contributed by atoms with Crippen LogP contribution in [0.15, 0.2) is 18.2 Å². The third-order valence-electron chi connectivity index (χ3n) is 0.814. The molecule has 0 aromatic heterocycles. The van der Waals surface area contributed by atoms with Crippen molar-refractivity contribution >= 4 is 6.08 Å². The molecule has 0 aliphatic carbocycles. The normalized spacial score (nSPS) is 8.57. The van der Waals surface area contributed by atoms with Crippen LogP contribution in [0, 0.1) is 12.6 Å². The molecule has 0 bridgehead atoms. The summed E-state index contributed by atoms with van der Waals surface area (Å²) in [5, 5.41) is 0. The molecule has 0 nitrogen and oxygen atoms in total. The van der Waals surface area contributed by atoms with Crippen LogP contribution >= 0.6 is 0 Å². The van der Waals surface area contributed by atoms with Crippen LogP contribution in [0.3, 0.4) is 0 Å². The van der Waals surface area contributed by atoms with Gasteiger partial charge in [-0.3, -0.25) is 0 Å². The molecule has 0 heterocycles. The molecule has 36 valence electrons. The summed E-state index contributed by atoms with van der Waals surface area (Å²) in [5.41, 5.74) is 1.03. The molecule has 1 aromatic carbocycles. The second kappa shape index (κ2) is 1.69. The maximum Gasteiger partial charge on any atom is -0.313 e. The molecule has 0 saturated carbocycles. The van der Waals surface area contributed by atoms with Crippen LogP contribution in [0.5, 0.6) is 0 Å². The van der Waals surface area contributed by atoms with Crippen molar-refractivity contribution in [3.63, 3.8) is 0 Å². The molecule has 1 aromatic rings. The van der Waals surface area contributed by atoms with E-state index in [1.54, 1.807) is 6.08 Å². The van der Waals surface area contributed by atoms with Crippen molar-refractivity contribution < 1.29 is 0 Å². The van der Waals surface area contributed by atoms with Gasteiger partial charge >= 0.3 is 0 Å². The fourth-order valence-electron chi connectivity index (χ4n) is 0.440. The molecular weight excluding hydrogens is 84.1 g/mol. The van der Waals surface area contributed by atoms with Crippen LogP contribution in [0.2, 0.25) is 0 Å². The van der Waals surface area contributed by atoms with Crippen LogP contribution in [0.25, 0.3) is 6.08 Å². The first-order valence-electron chi connectivity index (χ1n) is 2.11. The molecule has 0 saturated heterocycles. The number of hydrogen-bond acceptors (Lipinski definition) is 0. The summed E-state index contributed by atoms with van der Waals surface area (Å²) in [5.74, 6) is 0. The van der Waals surface area contributed by atoms with E-state index in [2.05, 4.69) is 6.07 Å². The van der Waals surface area contributed by atoms with Gasteiger partial charge in [-0.15, -0.1) is 0 Å². The summed E-state index contributed by atoms with van der Waals surface area (Å²) < 4.78 is 0. The molecular formula is C7H5-3.